The number of benzene rings is 3. The first kappa shape index (κ1) is 26.9. The smallest absolute Gasteiger partial charge is 0.265 e. The zero-order valence-electron chi connectivity index (χ0n) is 23.5. The number of fused-ring (bicyclic) bond motifs is 2. The highest BCUT2D eigenvalue weighted by Gasteiger charge is 2.26. The van der Waals surface area contributed by atoms with Crippen LogP contribution in [0.1, 0.15) is 75.7 Å². The van der Waals surface area contributed by atoms with Gasteiger partial charge in [-0.05, 0) is 67.9 Å². The molecule has 3 aromatic carbocycles. The Morgan fingerprint density at radius 1 is 0.951 bits per heavy atom. The molecule has 0 bridgehead atoms. The van der Waals surface area contributed by atoms with Crippen LogP contribution in [0.4, 0.5) is 5.00 Å². The summed E-state index contributed by atoms with van der Waals surface area (Å²) < 4.78 is 1.34. The number of aromatic nitrogens is 1. The summed E-state index contributed by atoms with van der Waals surface area (Å²) in [4.78, 5) is 33.4. The summed E-state index contributed by atoms with van der Waals surface area (Å²) >= 11 is 1.56. The number of aromatic hydroxyl groups is 1. The maximum atomic E-state index is 13.8. The zero-order valence-corrected chi connectivity index (χ0v) is 24.3. The van der Waals surface area contributed by atoms with Crippen LogP contribution in [0.2, 0.25) is 0 Å². The maximum absolute atomic E-state index is 13.8. The number of rotatable bonds is 6. The lowest BCUT2D eigenvalue weighted by atomic mass is 9.92. The molecule has 0 fully saturated rings. The van der Waals surface area contributed by atoms with Gasteiger partial charge in [-0.15, -0.1) is 11.3 Å². The van der Waals surface area contributed by atoms with E-state index in [1.165, 1.54) is 9.44 Å². The first-order chi connectivity index (χ1) is 19.8. The van der Waals surface area contributed by atoms with Crippen LogP contribution >= 0.6 is 11.3 Å². The summed E-state index contributed by atoms with van der Waals surface area (Å²) in [5, 5.41) is 13.3. The van der Waals surface area contributed by atoms with Crippen LogP contribution in [0.15, 0.2) is 82.6 Å². The van der Waals surface area contributed by atoms with Gasteiger partial charge in [-0.3, -0.25) is 9.59 Å². The summed E-state index contributed by atoms with van der Waals surface area (Å²) in [5.74, 6) is 0.144. The fraction of sp³-hybridized carbons (Fsp3) is 0.229. The van der Waals surface area contributed by atoms with Crippen molar-refractivity contribution in [1.29, 1.82) is 0 Å². The zero-order chi connectivity index (χ0) is 28.7. The average Bonchev–Trinajstić information content (AvgIpc) is 3.36. The minimum atomic E-state index is -0.297. The van der Waals surface area contributed by atoms with E-state index in [-0.39, 0.29) is 17.2 Å². The van der Waals surface area contributed by atoms with Gasteiger partial charge in [0.1, 0.15) is 5.00 Å². The standard InChI is InChI=1S/C35H32N2O3S/c1-21(2)23-16-18-25(19-17-23)37-34(39)27-9-5-4-8-26(27)29(35(37)40)20-36-33-31(28-10-6-7-11-30(28)41-33)32(38)24-14-12-22(3)13-15-24/h4-5,8-9,12-21,40H,6-7,10-11H2,1-3H3. The molecule has 5 nitrogen and oxygen atoms in total. The first-order valence-electron chi connectivity index (χ1n) is 14.1. The number of aryl methyl sites for hydroxylation is 2. The summed E-state index contributed by atoms with van der Waals surface area (Å²) in [5.41, 5.74) is 5.38. The molecule has 6 rings (SSSR count). The minimum absolute atomic E-state index is 0.0270. The van der Waals surface area contributed by atoms with Gasteiger partial charge in [-0.25, -0.2) is 9.56 Å². The Labute approximate surface area is 243 Å². The van der Waals surface area contributed by atoms with E-state index in [2.05, 4.69) is 13.8 Å². The highest BCUT2D eigenvalue weighted by Crippen LogP contribution is 2.41. The Hall–Kier alpha value is -4.29. The van der Waals surface area contributed by atoms with Gasteiger partial charge < -0.3 is 5.11 Å². The van der Waals surface area contributed by atoms with Crippen molar-refractivity contribution in [2.24, 2.45) is 4.99 Å². The molecule has 0 atom stereocenters. The molecule has 2 heterocycles. The van der Waals surface area contributed by atoms with Crippen LogP contribution in [0.25, 0.3) is 16.5 Å². The van der Waals surface area contributed by atoms with Crippen molar-refractivity contribution < 1.29 is 9.90 Å². The molecule has 0 amide bonds. The lowest BCUT2D eigenvalue weighted by Gasteiger charge is -2.14. The van der Waals surface area contributed by atoms with Crippen LogP contribution in [0.5, 0.6) is 5.88 Å². The molecule has 5 aromatic rings. The van der Waals surface area contributed by atoms with E-state index in [1.54, 1.807) is 23.6 Å². The maximum Gasteiger partial charge on any atom is 0.265 e. The molecule has 0 saturated carbocycles. The minimum Gasteiger partial charge on any atom is -0.494 e. The van der Waals surface area contributed by atoms with E-state index in [0.717, 1.165) is 42.4 Å². The second-order valence-electron chi connectivity index (χ2n) is 11.0. The van der Waals surface area contributed by atoms with Crippen molar-refractivity contribution in [3.8, 4) is 11.6 Å². The number of pyridine rings is 1. The molecule has 1 aliphatic carbocycles. The number of aliphatic imine (C=N–C) groups is 1. The van der Waals surface area contributed by atoms with Crippen LogP contribution < -0.4 is 5.56 Å². The molecule has 41 heavy (non-hydrogen) atoms. The predicted octanol–water partition coefficient (Wildman–Crippen LogP) is 8.05. The van der Waals surface area contributed by atoms with Crippen LogP contribution in [-0.4, -0.2) is 21.7 Å². The van der Waals surface area contributed by atoms with Gasteiger partial charge in [0, 0.05) is 27.4 Å². The van der Waals surface area contributed by atoms with Crippen LogP contribution in [-0.2, 0) is 12.8 Å². The highest BCUT2D eigenvalue weighted by atomic mass is 32.1. The predicted molar refractivity (Wildman–Crippen MR) is 168 cm³/mol. The van der Waals surface area contributed by atoms with Gasteiger partial charge >= 0.3 is 0 Å². The van der Waals surface area contributed by atoms with Crippen molar-refractivity contribution in [1.82, 2.24) is 4.57 Å². The van der Waals surface area contributed by atoms with E-state index < -0.39 is 0 Å². The molecule has 1 N–H and O–H groups in total. The van der Waals surface area contributed by atoms with Gasteiger partial charge in [-0.1, -0.05) is 74.0 Å². The molecule has 0 radical (unpaired) electrons. The summed E-state index contributed by atoms with van der Waals surface area (Å²) in [6, 6.07) is 22.6. The normalized spacial score (nSPS) is 13.3. The Kier molecular flexibility index (Phi) is 7.18. The number of carbonyl (C=O) groups excluding carboxylic acids is 1. The average molecular weight is 561 g/mol. The third-order valence-electron chi connectivity index (χ3n) is 7.93. The second-order valence-corrected chi connectivity index (χ2v) is 12.1. The van der Waals surface area contributed by atoms with E-state index in [1.807, 2.05) is 73.7 Å². The Morgan fingerprint density at radius 2 is 1.63 bits per heavy atom. The van der Waals surface area contributed by atoms with Gasteiger partial charge in [0.2, 0.25) is 5.88 Å². The largest absolute Gasteiger partial charge is 0.494 e. The van der Waals surface area contributed by atoms with Crippen molar-refractivity contribution >= 4 is 39.1 Å². The number of thiophene rings is 1. The quantitative estimate of drug-likeness (QED) is 0.169. The molecular formula is C35H32N2O3S. The monoisotopic (exact) mass is 560 g/mol. The number of ketones is 1. The topological polar surface area (TPSA) is 71.7 Å². The third-order valence-corrected chi connectivity index (χ3v) is 9.13. The third kappa shape index (κ3) is 4.93. The van der Waals surface area contributed by atoms with Crippen molar-refractivity contribution in [2.45, 2.75) is 52.4 Å². The van der Waals surface area contributed by atoms with Crippen molar-refractivity contribution in [2.75, 3.05) is 0 Å². The number of hydrogen-bond donors (Lipinski definition) is 1. The molecule has 0 unspecified atom stereocenters. The first-order valence-corrected chi connectivity index (χ1v) is 14.9. The van der Waals surface area contributed by atoms with E-state index in [9.17, 15) is 14.7 Å². The highest BCUT2D eigenvalue weighted by molar-refractivity contribution is 7.16. The summed E-state index contributed by atoms with van der Waals surface area (Å²) in [6.07, 6.45) is 5.56. The second kappa shape index (κ2) is 10.9. The molecule has 1 aliphatic rings. The fourth-order valence-electron chi connectivity index (χ4n) is 5.59. The van der Waals surface area contributed by atoms with Gasteiger partial charge in [0.25, 0.3) is 5.56 Å². The SMILES string of the molecule is Cc1ccc(C(=O)c2c(N=Cc3c(O)n(-c4ccc(C(C)C)cc4)c(=O)c4ccccc34)sc3c2CCCC3)cc1. The Bertz CT molecular complexity index is 1860. The summed E-state index contributed by atoms with van der Waals surface area (Å²) in [6.45, 7) is 6.23. The Balaban J connectivity index is 1.51. The Morgan fingerprint density at radius 3 is 2.34 bits per heavy atom. The number of nitrogens with zero attached hydrogens (tertiary/aromatic N) is 2. The van der Waals surface area contributed by atoms with E-state index in [0.29, 0.717) is 44.1 Å². The van der Waals surface area contributed by atoms with E-state index in [4.69, 9.17) is 4.99 Å². The number of hydrogen-bond acceptors (Lipinski definition) is 5. The van der Waals surface area contributed by atoms with E-state index >= 15 is 0 Å². The van der Waals surface area contributed by atoms with Gasteiger partial charge in [0.15, 0.2) is 5.78 Å². The summed E-state index contributed by atoms with van der Waals surface area (Å²) in [7, 11) is 0. The molecule has 0 spiro atoms. The molecule has 0 aliphatic heterocycles. The lowest BCUT2D eigenvalue weighted by molar-refractivity contribution is 0.103. The van der Waals surface area contributed by atoms with Gasteiger partial charge in [0.05, 0.1) is 16.8 Å². The molecule has 2 aromatic heterocycles. The van der Waals surface area contributed by atoms with Gasteiger partial charge in [-0.2, -0.15) is 0 Å². The van der Waals surface area contributed by atoms with Crippen LogP contribution in [0, 0.1) is 6.92 Å². The fourth-order valence-corrected chi connectivity index (χ4v) is 6.82. The molecule has 6 heteroatoms. The molecule has 206 valence electrons. The van der Waals surface area contributed by atoms with Crippen LogP contribution in [0.3, 0.4) is 0 Å². The molecular weight excluding hydrogens is 528 g/mol. The van der Waals surface area contributed by atoms with Crippen molar-refractivity contribution in [3.63, 3.8) is 0 Å². The lowest BCUT2D eigenvalue weighted by Crippen LogP contribution is -2.20. The number of carbonyl (C=O) groups is 1. The molecule has 0 saturated heterocycles. The van der Waals surface area contributed by atoms with Crippen molar-refractivity contribution in [3.05, 3.63) is 121 Å².